The molecule has 0 saturated carbocycles. The number of carbonyl (C=O) groups excluding carboxylic acids is 1. The van der Waals surface area contributed by atoms with Crippen LogP contribution in [0, 0.1) is 6.92 Å². The fraction of sp³-hybridized carbons (Fsp3) is 0.462. The summed E-state index contributed by atoms with van der Waals surface area (Å²) >= 11 is 5.97. The van der Waals surface area contributed by atoms with Gasteiger partial charge in [-0.15, -0.1) is 0 Å². The van der Waals surface area contributed by atoms with Crippen LogP contribution in [0.2, 0.25) is 5.02 Å². The number of piperazine rings is 1. The van der Waals surface area contributed by atoms with Crippen molar-refractivity contribution in [3.8, 4) is 0 Å². The van der Waals surface area contributed by atoms with Crippen LogP contribution in [0.15, 0.2) is 18.2 Å². The Balaban J connectivity index is 2.41. The van der Waals surface area contributed by atoms with Crippen LogP contribution < -0.4 is 16.0 Å². The van der Waals surface area contributed by atoms with E-state index in [1.807, 2.05) is 25.1 Å². The molecule has 1 heterocycles. The fourth-order valence-electron chi connectivity index (χ4n) is 2.43. The summed E-state index contributed by atoms with van der Waals surface area (Å²) in [5.74, 6) is -0.00931. The molecule has 1 aromatic rings. The number of nitrogens with zero attached hydrogens (tertiary/aromatic N) is 1. The largest absolute Gasteiger partial charge is 0.354 e. The molecule has 0 radical (unpaired) electrons. The van der Waals surface area contributed by atoms with Crippen LogP contribution in [0.5, 0.6) is 0 Å². The maximum absolute atomic E-state index is 11.9. The van der Waals surface area contributed by atoms with Crippen LogP contribution in [0.4, 0.5) is 5.69 Å². The van der Waals surface area contributed by atoms with E-state index in [9.17, 15) is 4.79 Å². The van der Waals surface area contributed by atoms with Gasteiger partial charge in [0.2, 0.25) is 5.91 Å². The van der Waals surface area contributed by atoms with E-state index in [1.165, 1.54) is 0 Å². The van der Waals surface area contributed by atoms with Crippen molar-refractivity contribution in [3.63, 3.8) is 0 Å². The fourth-order valence-corrected chi connectivity index (χ4v) is 2.66. The molecule has 98 valence electrons. The highest BCUT2D eigenvalue weighted by molar-refractivity contribution is 6.30. The third-order valence-electron chi connectivity index (χ3n) is 3.35. The number of amides is 1. The summed E-state index contributed by atoms with van der Waals surface area (Å²) in [6.07, 6.45) is 0. The minimum atomic E-state index is -0.311. The van der Waals surface area contributed by atoms with Gasteiger partial charge in [0.05, 0.1) is 0 Å². The number of aryl methyl sites for hydroxylation is 1. The van der Waals surface area contributed by atoms with Crippen molar-refractivity contribution in [1.29, 1.82) is 0 Å². The molecule has 5 heteroatoms. The Bertz CT molecular complexity index is 464. The Morgan fingerprint density at radius 2 is 2.28 bits per heavy atom. The molecular weight excluding hydrogens is 250 g/mol. The number of hydrogen-bond acceptors (Lipinski definition) is 3. The van der Waals surface area contributed by atoms with Crippen LogP contribution in [0.3, 0.4) is 0 Å². The molecule has 2 rings (SSSR count). The lowest BCUT2D eigenvalue weighted by Gasteiger charge is -2.42. The number of hydrogen-bond donors (Lipinski definition) is 2. The minimum absolute atomic E-state index is 0.00931. The van der Waals surface area contributed by atoms with Crippen molar-refractivity contribution in [2.45, 2.75) is 25.9 Å². The van der Waals surface area contributed by atoms with E-state index in [2.05, 4.69) is 17.1 Å². The van der Waals surface area contributed by atoms with Gasteiger partial charge in [0.25, 0.3) is 0 Å². The maximum Gasteiger partial charge on any atom is 0.244 e. The zero-order valence-corrected chi connectivity index (χ0v) is 11.4. The van der Waals surface area contributed by atoms with Crippen molar-refractivity contribution in [3.05, 3.63) is 28.8 Å². The Labute approximate surface area is 112 Å². The predicted molar refractivity (Wildman–Crippen MR) is 74.0 cm³/mol. The van der Waals surface area contributed by atoms with Gasteiger partial charge in [0.15, 0.2) is 0 Å². The Morgan fingerprint density at radius 1 is 1.56 bits per heavy atom. The molecule has 2 unspecified atom stereocenters. The van der Waals surface area contributed by atoms with Crippen LogP contribution in [-0.4, -0.2) is 31.1 Å². The van der Waals surface area contributed by atoms with E-state index in [0.29, 0.717) is 18.1 Å². The molecule has 1 aliphatic heterocycles. The van der Waals surface area contributed by atoms with Crippen molar-refractivity contribution in [2.24, 2.45) is 5.73 Å². The minimum Gasteiger partial charge on any atom is -0.354 e. The van der Waals surface area contributed by atoms with E-state index < -0.39 is 0 Å². The Kier molecular flexibility index (Phi) is 3.78. The molecule has 1 aromatic carbocycles. The molecule has 0 spiro atoms. The van der Waals surface area contributed by atoms with E-state index >= 15 is 0 Å². The standard InChI is InChI=1S/C13H18ClN3O/c1-8-5-10(14)3-4-11(8)17-9(2)7-16-13(18)12(17)6-15/h3-5,9,12H,6-7,15H2,1-2H3,(H,16,18). The highest BCUT2D eigenvalue weighted by Gasteiger charge is 2.33. The lowest BCUT2D eigenvalue weighted by molar-refractivity contribution is -0.123. The smallest absolute Gasteiger partial charge is 0.244 e. The van der Waals surface area contributed by atoms with Crippen molar-refractivity contribution in [1.82, 2.24) is 5.32 Å². The average molecular weight is 268 g/mol. The average Bonchev–Trinajstić information content (AvgIpc) is 2.33. The number of nitrogens with one attached hydrogen (secondary N) is 1. The summed E-state index contributed by atoms with van der Waals surface area (Å²) in [5, 5.41) is 3.58. The molecule has 2 atom stereocenters. The van der Waals surface area contributed by atoms with Gasteiger partial charge in [-0.2, -0.15) is 0 Å². The van der Waals surface area contributed by atoms with Crippen molar-refractivity contribution < 1.29 is 4.79 Å². The maximum atomic E-state index is 11.9. The van der Waals surface area contributed by atoms with E-state index in [0.717, 1.165) is 11.3 Å². The number of nitrogens with two attached hydrogens (primary N) is 1. The second-order valence-electron chi connectivity index (χ2n) is 4.68. The van der Waals surface area contributed by atoms with Gasteiger partial charge in [0, 0.05) is 29.8 Å². The highest BCUT2D eigenvalue weighted by Crippen LogP contribution is 2.28. The number of anilines is 1. The monoisotopic (exact) mass is 267 g/mol. The van der Waals surface area contributed by atoms with Gasteiger partial charge >= 0.3 is 0 Å². The quantitative estimate of drug-likeness (QED) is 0.849. The predicted octanol–water partition coefficient (Wildman–Crippen LogP) is 1.30. The van der Waals surface area contributed by atoms with Gasteiger partial charge in [-0.3, -0.25) is 4.79 Å². The molecule has 1 aliphatic rings. The second kappa shape index (κ2) is 5.16. The van der Waals surface area contributed by atoms with Gasteiger partial charge in [-0.05, 0) is 37.6 Å². The molecule has 4 nitrogen and oxygen atoms in total. The van der Waals surface area contributed by atoms with Crippen LogP contribution in [0.25, 0.3) is 0 Å². The van der Waals surface area contributed by atoms with Crippen LogP contribution >= 0.6 is 11.6 Å². The zero-order chi connectivity index (χ0) is 13.3. The van der Waals surface area contributed by atoms with E-state index in [1.54, 1.807) is 0 Å². The van der Waals surface area contributed by atoms with Crippen molar-refractivity contribution in [2.75, 3.05) is 18.0 Å². The zero-order valence-electron chi connectivity index (χ0n) is 10.6. The van der Waals surface area contributed by atoms with Gasteiger partial charge in [0.1, 0.15) is 6.04 Å². The molecule has 18 heavy (non-hydrogen) atoms. The summed E-state index contributed by atoms with van der Waals surface area (Å²) in [7, 11) is 0. The molecule has 3 N–H and O–H groups in total. The number of carbonyl (C=O) groups is 1. The molecule has 0 aliphatic carbocycles. The summed E-state index contributed by atoms with van der Waals surface area (Å²) in [6.45, 7) is 5.01. The van der Waals surface area contributed by atoms with Gasteiger partial charge in [-0.25, -0.2) is 0 Å². The van der Waals surface area contributed by atoms with E-state index in [-0.39, 0.29) is 18.0 Å². The van der Waals surface area contributed by atoms with Crippen LogP contribution in [0.1, 0.15) is 12.5 Å². The van der Waals surface area contributed by atoms with Gasteiger partial charge in [-0.1, -0.05) is 11.6 Å². The lowest BCUT2D eigenvalue weighted by Crippen LogP contribution is -2.62. The Morgan fingerprint density at radius 3 is 2.89 bits per heavy atom. The van der Waals surface area contributed by atoms with Gasteiger partial charge < -0.3 is 16.0 Å². The molecule has 1 fully saturated rings. The molecule has 0 bridgehead atoms. The normalized spacial score (nSPS) is 24.0. The second-order valence-corrected chi connectivity index (χ2v) is 5.12. The number of benzene rings is 1. The number of rotatable bonds is 2. The molecular formula is C13H18ClN3O. The SMILES string of the molecule is Cc1cc(Cl)ccc1N1C(C)CNC(=O)C1CN. The number of halogens is 1. The molecule has 0 aromatic heterocycles. The summed E-state index contributed by atoms with van der Waals surface area (Å²) in [4.78, 5) is 14.0. The molecule has 1 saturated heterocycles. The van der Waals surface area contributed by atoms with Crippen LogP contribution in [-0.2, 0) is 4.79 Å². The van der Waals surface area contributed by atoms with Crippen molar-refractivity contribution >= 4 is 23.2 Å². The Hall–Kier alpha value is -1.26. The summed E-state index contributed by atoms with van der Waals surface area (Å²) in [6, 6.07) is 5.61. The summed E-state index contributed by atoms with van der Waals surface area (Å²) in [5.41, 5.74) is 7.82. The third kappa shape index (κ3) is 2.31. The third-order valence-corrected chi connectivity index (χ3v) is 3.58. The highest BCUT2D eigenvalue weighted by atomic mass is 35.5. The topological polar surface area (TPSA) is 58.4 Å². The lowest BCUT2D eigenvalue weighted by atomic mass is 10.0. The summed E-state index contributed by atoms with van der Waals surface area (Å²) < 4.78 is 0. The first-order chi connectivity index (χ1) is 8.54. The first kappa shape index (κ1) is 13.2. The molecule has 1 amide bonds. The first-order valence-corrected chi connectivity index (χ1v) is 6.44. The van der Waals surface area contributed by atoms with E-state index in [4.69, 9.17) is 17.3 Å². The first-order valence-electron chi connectivity index (χ1n) is 6.07.